The highest BCUT2D eigenvalue weighted by Gasteiger charge is 2.12. The molecule has 0 saturated carbocycles. The maximum Gasteiger partial charge on any atom is 0.310 e. The Kier molecular flexibility index (Phi) is 5.99. The van der Waals surface area contributed by atoms with E-state index in [9.17, 15) is 4.79 Å². The second-order valence-electron chi connectivity index (χ2n) is 4.04. The number of hydrogen-bond acceptors (Lipinski definition) is 3. The molecule has 0 radical (unpaired) electrons. The Morgan fingerprint density at radius 2 is 2.06 bits per heavy atom. The summed E-state index contributed by atoms with van der Waals surface area (Å²) in [6.45, 7) is 6.73. The van der Waals surface area contributed by atoms with Gasteiger partial charge in [-0.15, -0.1) is 0 Å². The number of rotatable bonds is 6. The number of esters is 1. The van der Waals surface area contributed by atoms with E-state index in [1.807, 2.05) is 19.9 Å². The van der Waals surface area contributed by atoms with Gasteiger partial charge < -0.3 is 9.47 Å². The van der Waals surface area contributed by atoms with Crippen LogP contribution in [0.5, 0.6) is 5.75 Å². The molecule has 4 heteroatoms. The summed E-state index contributed by atoms with van der Waals surface area (Å²) in [5, 5.41) is 0.637. The van der Waals surface area contributed by atoms with Gasteiger partial charge in [-0.1, -0.05) is 18.5 Å². The lowest BCUT2D eigenvalue weighted by atomic mass is 10.1. The fourth-order valence-electron chi connectivity index (χ4n) is 1.55. The largest absolute Gasteiger partial charge is 0.493 e. The SMILES string of the molecule is CCCOc1cc(C)c(Cl)cc1CC(=O)OCC. The van der Waals surface area contributed by atoms with Crippen LogP contribution in [0.1, 0.15) is 31.4 Å². The van der Waals surface area contributed by atoms with Crippen molar-refractivity contribution in [3.8, 4) is 5.75 Å². The van der Waals surface area contributed by atoms with Gasteiger partial charge in [0.1, 0.15) is 5.75 Å². The van der Waals surface area contributed by atoms with Gasteiger partial charge >= 0.3 is 5.97 Å². The first kappa shape index (κ1) is 14.8. The van der Waals surface area contributed by atoms with Crippen molar-refractivity contribution >= 4 is 17.6 Å². The number of benzene rings is 1. The standard InChI is InChI=1S/C14H19ClO3/c1-4-6-18-13-7-10(3)12(15)8-11(13)9-14(16)17-5-2/h7-8H,4-6,9H2,1-3H3. The van der Waals surface area contributed by atoms with Crippen molar-refractivity contribution in [1.82, 2.24) is 0 Å². The van der Waals surface area contributed by atoms with Gasteiger partial charge in [-0.2, -0.15) is 0 Å². The molecule has 0 bridgehead atoms. The summed E-state index contributed by atoms with van der Waals surface area (Å²) in [6, 6.07) is 3.64. The Labute approximate surface area is 113 Å². The molecule has 0 aromatic heterocycles. The molecule has 0 aliphatic carbocycles. The molecule has 0 heterocycles. The normalized spacial score (nSPS) is 10.2. The molecule has 0 aliphatic heterocycles. The van der Waals surface area contributed by atoms with Crippen molar-refractivity contribution < 1.29 is 14.3 Å². The van der Waals surface area contributed by atoms with Crippen LogP contribution in [0, 0.1) is 6.92 Å². The zero-order chi connectivity index (χ0) is 13.5. The monoisotopic (exact) mass is 270 g/mol. The molecule has 0 aliphatic rings. The van der Waals surface area contributed by atoms with Crippen molar-refractivity contribution in [2.45, 2.75) is 33.6 Å². The van der Waals surface area contributed by atoms with Crippen LogP contribution in [0.3, 0.4) is 0 Å². The van der Waals surface area contributed by atoms with Crippen LogP contribution >= 0.6 is 11.6 Å². The summed E-state index contributed by atoms with van der Waals surface area (Å²) in [7, 11) is 0. The Hall–Kier alpha value is -1.22. The number of carbonyl (C=O) groups excluding carboxylic acids is 1. The second kappa shape index (κ2) is 7.27. The Balaban J connectivity index is 2.92. The molecule has 0 saturated heterocycles. The summed E-state index contributed by atoms with van der Waals surface area (Å²) < 4.78 is 10.6. The smallest absolute Gasteiger partial charge is 0.310 e. The first-order valence-corrected chi connectivity index (χ1v) is 6.53. The van der Waals surface area contributed by atoms with Gasteiger partial charge in [0.25, 0.3) is 0 Å². The van der Waals surface area contributed by atoms with Crippen molar-refractivity contribution in [2.75, 3.05) is 13.2 Å². The topological polar surface area (TPSA) is 35.5 Å². The molecule has 0 spiro atoms. The maximum absolute atomic E-state index is 11.5. The van der Waals surface area contributed by atoms with E-state index in [1.54, 1.807) is 13.0 Å². The highest BCUT2D eigenvalue weighted by molar-refractivity contribution is 6.31. The van der Waals surface area contributed by atoms with Crippen molar-refractivity contribution in [1.29, 1.82) is 0 Å². The predicted octanol–water partition coefficient (Wildman–Crippen LogP) is 3.54. The minimum atomic E-state index is -0.265. The second-order valence-corrected chi connectivity index (χ2v) is 4.45. The quantitative estimate of drug-likeness (QED) is 0.742. The van der Waals surface area contributed by atoms with Gasteiger partial charge in [0.2, 0.25) is 0 Å². The summed E-state index contributed by atoms with van der Waals surface area (Å²) in [6.07, 6.45) is 1.10. The lowest BCUT2D eigenvalue weighted by Gasteiger charge is -2.12. The van der Waals surface area contributed by atoms with Gasteiger partial charge in [-0.25, -0.2) is 0 Å². The Morgan fingerprint density at radius 3 is 2.67 bits per heavy atom. The lowest BCUT2D eigenvalue weighted by molar-refractivity contribution is -0.142. The fraction of sp³-hybridized carbons (Fsp3) is 0.500. The van der Waals surface area contributed by atoms with Crippen LogP contribution < -0.4 is 4.74 Å². The predicted molar refractivity (Wildman–Crippen MR) is 72.3 cm³/mol. The molecule has 18 heavy (non-hydrogen) atoms. The average Bonchev–Trinajstić information content (AvgIpc) is 2.32. The molecule has 0 fully saturated rings. The third-order valence-electron chi connectivity index (χ3n) is 2.44. The number of hydrogen-bond donors (Lipinski definition) is 0. The molecular formula is C14H19ClO3. The summed E-state index contributed by atoms with van der Waals surface area (Å²) >= 11 is 6.07. The fourth-order valence-corrected chi connectivity index (χ4v) is 1.73. The van der Waals surface area contributed by atoms with Gasteiger partial charge in [0.15, 0.2) is 0 Å². The molecule has 0 atom stereocenters. The molecule has 1 aromatic rings. The summed E-state index contributed by atoms with van der Waals surface area (Å²) in [5.41, 5.74) is 1.72. The third kappa shape index (κ3) is 4.22. The number of halogens is 1. The maximum atomic E-state index is 11.5. The van der Waals surface area contributed by atoms with Gasteiger partial charge in [0.05, 0.1) is 19.6 Å². The Bertz CT molecular complexity index is 416. The lowest BCUT2D eigenvalue weighted by Crippen LogP contribution is -2.09. The van der Waals surface area contributed by atoms with Crippen LogP contribution in [0.15, 0.2) is 12.1 Å². The highest BCUT2D eigenvalue weighted by Crippen LogP contribution is 2.27. The van der Waals surface area contributed by atoms with E-state index in [2.05, 4.69) is 0 Å². The van der Waals surface area contributed by atoms with E-state index >= 15 is 0 Å². The molecule has 0 N–H and O–H groups in total. The van der Waals surface area contributed by atoms with E-state index in [0.29, 0.717) is 24.0 Å². The average molecular weight is 271 g/mol. The highest BCUT2D eigenvalue weighted by atomic mass is 35.5. The van der Waals surface area contributed by atoms with Gasteiger partial charge in [0, 0.05) is 10.6 Å². The molecule has 100 valence electrons. The van der Waals surface area contributed by atoms with Crippen molar-refractivity contribution in [2.24, 2.45) is 0 Å². The molecule has 3 nitrogen and oxygen atoms in total. The first-order chi connectivity index (χ1) is 8.58. The van der Waals surface area contributed by atoms with Gasteiger partial charge in [-0.05, 0) is 38.0 Å². The van der Waals surface area contributed by atoms with Crippen LogP contribution in [-0.4, -0.2) is 19.2 Å². The third-order valence-corrected chi connectivity index (χ3v) is 2.85. The minimum Gasteiger partial charge on any atom is -0.493 e. The number of ether oxygens (including phenoxy) is 2. The van der Waals surface area contributed by atoms with E-state index in [0.717, 1.165) is 17.5 Å². The molecular weight excluding hydrogens is 252 g/mol. The van der Waals surface area contributed by atoms with Gasteiger partial charge in [-0.3, -0.25) is 4.79 Å². The van der Waals surface area contributed by atoms with Crippen LogP contribution in [0.4, 0.5) is 0 Å². The van der Waals surface area contributed by atoms with E-state index in [-0.39, 0.29) is 12.4 Å². The molecule has 1 aromatic carbocycles. The summed E-state index contributed by atoms with van der Waals surface area (Å²) in [4.78, 5) is 11.5. The summed E-state index contributed by atoms with van der Waals surface area (Å²) in [5.74, 6) is 0.450. The zero-order valence-electron chi connectivity index (χ0n) is 11.1. The van der Waals surface area contributed by atoms with Crippen molar-refractivity contribution in [3.63, 3.8) is 0 Å². The molecule has 0 amide bonds. The van der Waals surface area contributed by atoms with Crippen LogP contribution in [0.25, 0.3) is 0 Å². The minimum absolute atomic E-state index is 0.187. The van der Waals surface area contributed by atoms with E-state index in [1.165, 1.54) is 0 Å². The van der Waals surface area contributed by atoms with Crippen molar-refractivity contribution in [3.05, 3.63) is 28.3 Å². The Morgan fingerprint density at radius 1 is 1.33 bits per heavy atom. The first-order valence-electron chi connectivity index (χ1n) is 6.15. The van der Waals surface area contributed by atoms with E-state index in [4.69, 9.17) is 21.1 Å². The van der Waals surface area contributed by atoms with Crippen LogP contribution in [0.2, 0.25) is 5.02 Å². The van der Waals surface area contributed by atoms with Crippen LogP contribution in [-0.2, 0) is 16.0 Å². The number of aryl methyl sites for hydroxylation is 1. The number of carbonyl (C=O) groups is 1. The zero-order valence-corrected chi connectivity index (χ0v) is 11.8. The molecule has 1 rings (SSSR count). The molecule has 0 unspecified atom stereocenters. The van der Waals surface area contributed by atoms with E-state index < -0.39 is 0 Å².